The SMILES string of the molecule is CC(C)C(NC(=O)OC(C)(C)C)C(=O)NC(Cc1ccc(O)c(C(C)(C)C)c1)c1nccs1. The zero-order valence-electron chi connectivity index (χ0n) is 20.9. The van der Waals surface area contributed by atoms with Gasteiger partial charge >= 0.3 is 6.09 Å². The van der Waals surface area contributed by atoms with Crippen LogP contribution in [-0.4, -0.2) is 33.7 Å². The summed E-state index contributed by atoms with van der Waals surface area (Å²) in [6, 6.07) is 4.39. The van der Waals surface area contributed by atoms with Crippen LogP contribution >= 0.6 is 11.3 Å². The molecule has 0 spiro atoms. The number of hydrogen-bond acceptors (Lipinski definition) is 6. The Hall–Kier alpha value is -2.61. The van der Waals surface area contributed by atoms with Gasteiger partial charge in [-0.15, -0.1) is 11.3 Å². The van der Waals surface area contributed by atoms with Gasteiger partial charge in [-0.25, -0.2) is 9.78 Å². The highest BCUT2D eigenvalue weighted by Crippen LogP contribution is 2.32. The largest absolute Gasteiger partial charge is 0.508 e. The van der Waals surface area contributed by atoms with Crippen LogP contribution in [0.4, 0.5) is 4.79 Å². The van der Waals surface area contributed by atoms with Crippen LogP contribution in [0.25, 0.3) is 0 Å². The maximum atomic E-state index is 13.2. The number of amides is 2. The number of rotatable bonds is 7. The van der Waals surface area contributed by atoms with Gasteiger partial charge in [-0.05, 0) is 55.7 Å². The predicted octanol–water partition coefficient (Wildman–Crippen LogP) is 5.10. The third kappa shape index (κ3) is 8.03. The second-order valence-corrected chi connectivity index (χ2v) is 11.5. The molecule has 1 heterocycles. The zero-order chi connectivity index (χ0) is 25.0. The number of benzene rings is 1. The number of nitrogens with zero attached hydrogens (tertiary/aromatic N) is 1. The van der Waals surface area contributed by atoms with Gasteiger partial charge in [-0.1, -0.05) is 46.8 Å². The van der Waals surface area contributed by atoms with Crippen LogP contribution in [0.2, 0.25) is 0 Å². The molecule has 0 bridgehead atoms. The van der Waals surface area contributed by atoms with Gasteiger partial charge in [0.05, 0.1) is 6.04 Å². The summed E-state index contributed by atoms with van der Waals surface area (Å²) in [5.41, 5.74) is 0.935. The van der Waals surface area contributed by atoms with Crippen molar-refractivity contribution in [1.29, 1.82) is 0 Å². The highest BCUT2D eigenvalue weighted by molar-refractivity contribution is 7.09. The van der Waals surface area contributed by atoms with Crippen LogP contribution in [0.3, 0.4) is 0 Å². The normalized spacial score (nSPS) is 14.0. The van der Waals surface area contributed by atoms with Crippen LogP contribution in [-0.2, 0) is 21.4 Å². The van der Waals surface area contributed by atoms with Crippen molar-refractivity contribution in [2.45, 2.75) is 84.9 Å². The van der Waals surface area contributed by atoms with E-state index < -0.39 is 17.7 Å². The third-order valence-electron chi connectivity index (χ3n) is 5.00. The van der Waals surface area contributed by atoms with E-state index in [-0.39, 0.29) is 29.0 Å². The second-order valence-electron chi connectivity index (χ2n) is 10.6. The number of aromatic hydroxyl groups is 1. The number of phenolic OH excluding ortho intramolecular Hbond substituents is 1. The van der Waals surface area contributed by atoms with Gasteiger partial charge < -0.3 is 20.5 Å². The Kier molecular flexibility index (Phi) is 8.52. The number of carbonyl (C=O) groups excluding carboxylic acids is 2. The van der Waals surface area contributed by atoms with Gasteiger partial charge in [0.15, 0.2) is 0 Å². The van der Waals surface area contributed by atoms with E-state index in [1.54, 1.807) is 33.0 Å². The summed E-state index contributed by atoms with van der Waals surface area (Å²) >= 11 is 1.46. The molecule has 8 heteroatoms. The molecule has 2 atom stereocenters. The molecular formula is C25H37N3O4S. The first-order valence-electron chi connectivity index (χ1n) is 11.2. The number of nitrogens with one attached hydrogen (secondary N) is 2. The minimum Gasteiger partial charge on any atom is -0.508 e. The Balaban J connectivity index is 2.25. The van der Waals surface area contributed by atoms with Crippen molar-refractivity contribution < 1.29 is 19.4 Å². The van der Waals surface area contributed by atoms with Gasteiger partial charge in [-0.3, -0.25) is 4.79 Å². The molecule has 0 fully saturated rings. The second kappa shape index (κ2) is 10.5. The molecule has 0 aliphatic rings. The van der Waals surface area contributed by atoms with Crippen LogP contribution in [0, 0.1) is 5.92 Å². The molecule has 1 aromatic carbocycles. The molecule has 33 heavy (non-hydrogen) atoms. The number of carbonyl (C=O) groups is 2. The predicted molar refractivity (Wildman–Crippen MR) is 132 cm³/mol. The van der Waals surface area contributed by atoms with E-state index in [4.69, 9.17) is 4.74 Å². The molecule has 0 radical (unpaired) electrons. The van der Waals surface area contributed by atoms with Crippen molar-refractivity contribution >= 4 is 23.3 Å². The molecule has 2 unspecified atom stereocenters. The number of phenols is 1. The van der Waals surface area contributed by atoms with Crippen molar-refractivity contribution in [3.8, 4) is 5.75 Å². The van der Waals surface area contributed by atoms with E-state index >= 15 is 0 Å². The molecule has 3 N–H and O–H groups in total. The van der Waals surface area contributed by atoms with Crippen molar-refractivity contribution in [2.75, 3.05) is 0 Å². The maximum Gasteiger partial charge on any atom is 0.408 e. The lowest BCUT2D eigenvalue weighted by molar-refractivity contribution is -0.125. The first-order valence-corrected chi connectivity index (χ1v) is 12.1. The fourth-order valence-corrected chi connectivity index (χ4v) is 4.07. The highest BCUT2D eigenvalue weighted by Gasteiger charge is 2.30. The summed E-state index contributed by atoms with van der Waals surface area (Å²) in [4.78, 5) is 29.9. The molecular weight excluding hydrogens is 438 g/mol. The Bertz CT molecular complexity index is 944. The van der Waals surface area contributed by atoms with Gasteiger partial charge in [0.2, 0.25) is 5.91 Å². The van der Waals surface area contributed by atoms with E-state index in [1.807, 2.05) is 52.1 Å². The Morgan fingerprint density at radius 1 is 1.12 bits per heavy atom. The number of aromatic nitrogens is 1. The van der Waals surface area contributed by atoms with E-state index in [9.17, 15) is 14.7 Å². The van der Waals surface area contributed by atoms with E-state index in [1.165, 1.54) is 11.3 Å². The summed E-state index contributed by atoms with van der Waals surface area (Å²) in [6.45, 7) is 15.2. The van der Waals surface area contributed by atoms with Crippen LogP contribution in [0.15, 0.2) is 29.8 Å². The molecule has 182 valence electrons. The minimum atomic E-state index is -0.757. The molecule has 2 rings (SSSR count). The first kappa shape index (κ1) is 26.6. The smallest absolute Gasteiger partial charge is 0.408 e. The van der Waals surface area contributed by atoms with Gasteiger partial charge in [-0.2, -0.15) is 0 Å². The molecule has 2 aromatic rings. The van der Waals surface area contributed by atoms with E-state index in [0.29, 0.717) is 6.42 Å². The van der Waals surface area contributed by atoms with E-state index in [2.05, 4.69) is 15.6 Å². The van der Waals surface area contributed by atoms with Crippen molar-refractivity contribution in [2.24, 2.45) is 5.92 Å². The zero-order valence-corrected chi connectivity index (χ0v) is 21.7. The molecule has 1 aromatic heterocycles. The highest BCUT2D eigenvalue weighted by atomic mass is 32.1. The summed E-state index contributed by atoms with van der Waals surface area (Å²) in [6.07, 6.45) is 1.57. The van der Waals surface area contributed by atoms with Gasteiger partial charge in [0, 0.05) is 11.6 Å². The number of hydrogen-bond donors (Lipinski definition) is 3. The lowest BCUT2D eigenvalue weighted by Crippen LogP contribution is -2.51. The van der Waals surface area contributed by atoms with Gasteiger partial charge in [0.25, 0.3) is 0 Å². The molecule has 7 nitrogen and oxygen atoms in total. The monoisotopic (exact) mass is 475 g/mol. The number of alkyl carbamates (subject to hydrolysis) is 1. The third-order valence-corrected chi connectivity index (χ3v) is 5.89. The summed E-state index contributed by atoms with van der Waals surface area (Å²) in [5, 5.41) is 18.7. The topological polar surface area (TPSA) is 101 Å². The quantitative estimate of drug-likeness (QED) is 0.517. The van der Waals surface area contributed by atoms with Gasteiger partial charge in [0.1, 0.15) is 22.4 Å². The lowest BCUT2D eigenvalue weighted by Gasteiger charge is -2.27. The van der Waals surface area contributed by atoms with Crippen molar-refractivity contribution in [3.05, 3.63) is 45.9 Å². The molecule has 0 saturated carbocycles. The summed E-state index contributed by atoms with van der Waals surface area (Å²) < 4.78 is 5.33. The van der Waals surface area contributed by atoms with Crippen LogP contribution in [0.1, 0.15) is 77.6 Å². The molecule has 2 amide bonds. The van der Waals surface area contributed by atoms with E-state index in [0.717, 1.165) is 16.1 Å². The van der Waals surface area contributed by atoms with Crippen LogP contribution in [0.5, 0.6) is 5.75 Å². The average Bonchev–Trinajstić information content (AvgIpc) is 3.19. The average molecular weight is 476 g/mol. The summed E-state index contributed by atoms with van der Waals surface area (Å²) in [5.74, 6) is -0.191. The Morgan fingerprint density at radius 3 is 2.30 bits per heavy atom. The minimum absolute atomic E-state index is 0.143. The standard InChI is InChI=1S/C25H37N3O4S/c1-15(2)20(28-23(31)32-25(6,7)8)21(30)27-18(22-26-11-12-33-22)14-16-9-10-19(29)17(13-16)24(3,4)5/h9-13,15,18,20,29H,14H2,1-8H3,(H,27,30)(H,28,31). The van der Waals surface area contributed by atoms with Crippen LogP contribution < -0.4 is 10.6 Å². The molecule has 0 aliphatic carbocycles. The first-order chi connectivity index (χ1) is 15.2. The Labute approximate surface area is 201 Å². The molecule has 0 saturated heterocycles. The molecule has 0 aliphatic heterocycles. The van der Waals surface area contributed by atoms with Crippen molar-refractivity contribution in [3.63, 3.8) is 0 Å². The fourth-order valence-electron chi connectivity index (χ4n) is 3.38. The fraction of sp³-hybridized carbons (Fsp3) is 0.560. The number of thiazole rings is 1. The summed E-state index contributed by atoms with van der Waals surface area (Å²) in [7, 11) is 0. The maximum absolute atomic E-state index is 13.2. The lowest BCUT2D eigenvalue weighted by atomic mass is 9.85. The number of ether oxygens (including phenoxy) is 1. The van der Waals surface area contributed by atoms with Crippen molar-refractivity contribution in [1.82, 2.24) is 15.6 Å². The Morgan fingerprint density at radius 2 is 1.79 bits per heavy atom.